The van der Waals surface area contributed by atoms with E-state index in [1.54, 1.807) is 24.3 Å². The van der Waals surface area contributed by atoms with Crippen molar-refractivity contribution in [1.29, 1.82) is 0 Å². The minimum atomic E-state index is -0.284. The number of nitrogens with one attached hydrogen (secondary N) is 1. The highest BCUT2D eigenvalue weighted by Crippen LogP contribution is 2.18. The number of ether oxygens (including phenoxy) is 1. The molecule has 1 N–H and O–H groups in total. The van der Waals surface area contributed by atoms with Crippen LogP contribution in [0.25, 0.3) is 0 Å². The summed E-state index contributed by atoms with van der Waals surface area (Å²) < 4.78 is 5.55. The average molecular weight is 350 g/mol. The number of hydrazone groups is 1. The Kier molecular flexibility index (Phi) is 8.13. The number of hydrogen-bond acceptors (Lipinski definition) is 3. The van der Waals surface area contributed by atoms with Crippen LogP contribution in [0.4, 0.5) is 0 Å². The summed E-state index contributed by atoms with van der Waals surface area (Å²) in [5, 5.41) is 4.40. The molecule has 0 aliphatic heterocycles. The van der Waals surface area contributed by atoms with Crippen molar-refractivity contribution in [3.63, 3.8) is 0 Å². The third-order valence-corrected chi connectivity index (χ3v) is 3.90. The van der Waals surface area contributed by atoms with Gasteiger partial charge in [-0.05, 0) is 30.5 Å². The molecule has 26 heavy (non-hydrogen) atoms. The van der Waals surface area contributed by atoms with Crippen LogP contribution in [-0.2, 0) is 0 Å². The van der Waals surface area contributed by atoms with Gasteiger partial charge in [0.05, 0.1) is 11.3 Å². The molecule has 2 aromatic carbocycles. The zero-order chi connectivity index (χ0) is 18.6. The third-order valence-electron chi connectivity index (χ3n) is 3.90. The minimum absolute atomic E-state index is 0.284. The maximum atomic E-state index is 12.6. The summed E-state index contributed by atoms with van der Waals surface area (Å²) >= 11 is 0. The Labute approximate surface area is 155 Å². The molecule has 0 heterocycles. The quantitative estimate of drug-likeness (QED) is 0.285. The van der Waals surface area contributed by atoms with Crippen LogP contribution in [-0.4, -0.2) is 18.2 Å². The predicted molar refractivity (Wildman–Crippen MR) is 107 cm³/mol. The van der Waals surface area contributed by atoms with E-state index >= 15 is 0 Å². The van der Waals surface area contributed by atoms with Crippen LogP contribution in [0, 0.1) is 0 Å². The minimum Gasteiger partial charge on any atom is -0.489 e. The maximum absolute atomic E-state index is 12.6. The van der Waals surface area contributed by atoms with E-state index in [1.807, 2.05) is 36.4 Å². The van der Waals surface area contributed by atoms with Gasteiger partial charge in [0.2, 0.25) is 0 Å². The number of carbonyl (C=O) groups excluding carboxylic acids is 1. The number of rotatable bonds is 10. The Morgan fingerprint density at radius 2 is 1.85 bits per heavy atom. The first-order valence-electron chi connectivity index (χ1n) is 9.01. The Bertz CT molecular complexity index is 739. The molecule has 2 rings (SSSR count). The maximum Gasteiger partial charge on any atom is 0.275 e. The van der Waals surface area contributed by atoms with Gasteiger partial charge in [-0.3, -0.25) is 4.79 Å². The number of hydrogen-bond donors (Lipinski definition) is 1. The first-order valence-corrected chi connectivity index (χ1v) is 9.01. The van der Waals surface area contributed by atoms with Crippen LogP contribution < -0.4 is 10.2 Å². The Morgan fingerprint density at radius 1 is 1.12 bits per heavy atom. The van der Waals surface area contributed by atoms with Crippen LogP contribution in [0.1, 0.15) is 48.5 Å². The second-order valence-electron chi connectivity index (χ2n) is 5.92. The van der Waals surface area contributed by atoms with Crippen LogP contribution in [0.15, 0.2) is 72.4 Å². The Hall–Kier alpha value is -2.88. The molecule has 4 heteroatoms. The van der Waals surface area contributed by atoms with E-state index in [9.17, 15) is 4.79 Å². The summed E-state index contributed by atoms with van der Waals surface area (Å²) in [6.45, 7) is 6.15. The number of unbranched alkanes of at least 4 members (excludes halogenated alkanes) is 2. The lowest BCUT2D eigenvalue weighted by Gasteiger charge is -2.10. The lowest BCUT2D eigenvalue weighted by Crippen LogP contribution is -2.21. The molecule has 0 saturated heterocycles. The molecule has 0 aliphatic carbocycles. The smallest absolute Gasteiger partial charge is 0.275 e. The first kappa shape index (κ1) is 19.4. The molecule has 0 saturated carbocycles. The van der Waals surface area contributed by atoms with Crippen molar-refractivity contribution in [2.24, 2.45) is 5.10 Å². The summed E-state index contributed by atoms with van der Waals surface area (Å²) in [6, 6.07) is 17.1. The third kappa shape index (κ3) is 5.88. The molecular weight excluding hydrogens is 324 g/mol. The topological polar surface area (TPSA) is 50.7 Å². The summed E-state index contributed by atoms with van der Waals surface area (Å²) in [5.41, 5.74) is 5.06. The fourth-order valence-electron chi connectivity index (χ4n) is 2.55. The molecule has 0 spiro atoms. The molecule has 0 unspecified atom stereocenters. The van der Waals surface area contributed by atoms with E-state index in [1.165, 1.54) is 0 Å². The van der Waals surface area contributed by atoms with Gasteiger partial charge in [-0.1, -0.05) is 74.9 Å². The molecule has 0 bridgehead atoms. The highest BCUT2D eigenvalue weighted by molar-refractivity contribution is 6.02. The van der Waals surface area contributed by atoms with Crippen molar-refractivity contribution in [1.82, 2.24) is 5.43 Å². The molecule has 4 nitrogen and oxygen atoms in total. The number of para-hydroxylation sites is 1. The lowest BCUT2D eigenvalue weighted by atomic mass is 10.0. The largest absolute Gasteiger partial charge is 0.489 e. The van der Waals surface area contributed by atoms with Crippen molar-refractivity contribution in [3.05, 3.63) is 78.4 Å². The lowest BCUT2D eigenvalue weighted by molar-refractivity contribution is 0.0951. The van der Waals surface area contributed by atoms with E-state index in [0.29, 0.717) is 17.9 Å². The van der Waals surface area contributed by atoms with E-state index in [-0.39, 0.29) is 5.91 Å². The molecule has 0 aliphatic rings. The van der Waals surface area contributed by atoms with Crippen LogP contribution >= 0.6 is 0 Å². The molecule has 0 radical (unpaired) electrons. The summed E-state index contributed by atoms with van der Waals surface area (Å²) in [7, 11) is 0. The Balaban J connectivity index is 2.15. The average Bonchev–Trinajstić information content (AvgIpc) is 2.69. The van der Waals surface area contributed by atoms with Gasteiger partial charge < -0.3 is 4.74 Å². The van der Waals surface area contributed by atoms with Gasteiger partial charge in [-0.2, -0.15) is 5.10 Å². The van der Waals surface area contributed by atoms with Gasteiger partial charge in [0.15, 0.2) is 0 Å². The van der Waals surface area contributed by atoms with Gasteiger partial charge in [0.25, 0.3) is 5.91 Å². The molecule has 0 fully saturated rings. The summed E-state index contributed by atoms with van der Waals surface area (Å²) in [4.78, 5) is 12.6. The first-order chi connectivity index (χ1) is 12.8. The van der Waals surface area contributed by atoms with Gasteiger partial charge >= 0.3 is 0 Å². The van der Waals surface area contributed by atoms with Gasteiger partial charge in [-0.15, -0.1) is 0 Å². The van der Waals surface area contributed by atoms with E-state index in [2.05, 4.69) is 24.0 Å². The van der Waals surface area contributed by atoms with Crippen LogP contribution in [0.5, 0.6) is 5.75 Å². The van der Waals surface area contributed by atoms with Gasteiger partial charge in [0, 0.05) is 0 Å². The van der Waals surface area contributed by atoms with Crippen molar-refractivity contribution in [2.75, 3.05) is 6.61 Å². The van der Waals surface area contributed by atoms with Crippen molar-refractivity contribution < 1.29 is 9.53 Å². The molecular formula is C22H26N2O2. The Morgan fingerprint density at radius 3 is 2.58 bits per heavy atom. The second-order valence-corrected chi connectivity index (χ2v) is 5.92. The highest BCUT2D eigenvalue weighted by atomic mass is 16.5. The zero-order valence-corrected chi connectivity index (χ0v) is 15.3. The van der Waals surface area contributed by atoms with Crippen molar-refractivity contribution in [3.8, 4) is 5.75 Å². The van der Waals surface area contributed by atoms with E-state index in [4.69, 9.17) is 4.74 Å². The summed E-state index contributed by atoms with van der Waals surface area (Å²) in [6.07, 6.45) is 5.79. The van der Waals surface area contributed by atoms with Crippen LogP contribution in [0.2, 0.25) is 0 Å². The highest BCUT2D eigenvalue weighted by Gasteiger charge is 2.12. The molecule has 136 valence electrons. The second kappa shape index (κ2) is 10.9. The normalized spacial score (nSPS) is 11.0. The molecule has 1 amide bonds. The molecule has 0 aromatic heterocycles. The predicted octanol–water partition coefficient (Wildman–Crippen LogP) is 4.97. The molecule has 0 atom stereocenters. The van der Waals surface area contributed by atoms with Gasteiger partial charge in [0.1, 0.15) is 12.4 Å². The number of nitrogens with zero attached hydrogens (tertiary/aromatic N) is 1. The SMILES string of the molecule is C=CCOc1ccccc1C(=O)NN=C(CCCCC)c1ccccc1. The van der Waals surface area contributed by atoms with Crippen molar-refractivity contribution in [2.45, 2.75) is 32.6 Å². The van der Waals surface area contributed by atoms with Crippen molar-refractivity contribution >= 4 is 11.6 Å². The summed E-state index contributed by atoms with van der Waals surface area (Å²) in [5.74, 6) is 0.237. The monoisotopic (exact) mass is 350 g/mol. The van der Waals surface area contributed by atoms with E-state index < -0.39 is 0 Å². The standard InChI is InChI=1S/C22H26N2O2/c1-3-5-7-15-20(18-12-8-6-9-13-18)23-24-22(25)19-14-10-11-16-21(19)26-17-4-2/h4,6,8-14,16H,2-3,5,7,15,17H2,1H3,(H,24,25). The number of benzene rings is 2. The number of amides is 1. The van der Waals surface area contributed by atoms with Crippen LogP contribution in [0.3, 0.4) is 0 Å². The fraction of sp³-hybridized carbons (Fsp3) is 0.273. The zero-order valence-electron chi connectivity index (χ0n) is 15.3. The fourth-order valence-corrected chi connectivity index (χ4v) is 2.55. The number of carbonyl (C=O) groups is 1. The van der Waals surface area contributed by atoms with E-state index in [0.717, 1.165) is 37.0 Å². The van der Waals surface area contributed by atoms with Gasteiger partial charge in [-0.25, -0.2) is 5.43 Å². The molecule has 2 aromatic rings.